The molecular weight excluding hydrogens is 257 g/mol. The molecule has 1 saturated carbocycles. The first kappa shape index (κ1) is 13.3. The smallest absolute Gasteiger partial charge is 0 e. The minimum Gasteiger partial charge on any atom is -0.326 e. The van der Waals surface area contributed by atoms with Gasteiger partial charge in [-0.2, -0.15) is 36.5 Å². The van der Waals surface area contributed by atoms with Crippen molar-refractivity contribution >= 4 is 0 Å². The van der Waals surface area contributed by atoms with Crippen molar-refractivity contribution in [3.05, 3.63) is 48.2 Å². The summed E-state index contributed by atoms with van der Waals surface area (Å²) in [5.41, 5.74) is 3.99. The van der Waals surface area contributed by atoms with Gasteiger partial charge in [0.05, 0.1) is 0 Å². The Labute approximate surface area is 119 Å². The molecule has 0 bridgehead atoms. The first-order valence-electron chi connectivity index (χ1n) is 5.50. The van der Waals surface area contributed by atoms with Crippen molar-refractivity contribution in [3.8, 4) is 0 Å². The van der Waals surface area contributed by atoms with Crippen LogP contribution in [0.15, 0.2) is 18.2 Å². The fourth-order valence-corrected chi connectivity index (χ4v) is 2.26. The van der Waals surface area contributed by atoms with E-state index in [4.69, 9.17) is 0 Å². The number of hydrogen-bond donors (Lipinski definition) is 0. The van der Waals surface area contributed by atoms with E-state index < -0.39 is 0 Å². The molecular formula is C14H18Y-2. The number of aryl methyl sites for hydroxylation is 1. The molecule has 0 spiro atoms. The molecule has 0 nitrogen and oxygen atoms in total. The van der Waals surface area contributed by atoms with E-state index >= 15 is 0 Å². The fraction of sp³-hybridized carbons (Fsp3) is 0.429. The molecule has 1 aliphatic carbocycles. The number of hydrogen-bond acceptors (Lipinski definition) is 0. The third-order valence-corrected chi connectivity index (χ3v) is 3.12. The second-order valence-electron chi connectivity index (χ2n) is 4.40. The largest absolute Gasteiger partial charge is 0.326 e. The normalized spacial score (nSPS) is 19.9. The van der Waals surface area contributed by atoms with Crippen LogP contribution in [-0.2, 0) is 39.1 Å². The Morgan fingerprint density at radius 2 is 2.27 bits per heavy atom. The van der Waals surface area contributed by atoms with Crippen LogP contribution in [0.25, 0.3) is 0 Å². The summed E-state index contributed by atoms with van der Waals surface area (Å²) in [6.07, 6.45) is 7.72. The van der Waals surface area contributed by atoms with Crippen LogP contribution < -0.4 is 0 Å². The molecule has 1 radical (unpaired) electrons. The van der Waals surface area contributed by atoms with E-state index in [9.17, 15) is 0 Å². The zero-order valence-electron chi connectivity index (χ0n) is 9.50. The Bertz CT molecular complexity index is 311. The number of rotatable bonds is 2. The summed E-state index contributed by atoms with van der Waals surface area (Å²) in [7, 11) is 0. The molecule has 79 valence electrons. The Morgan fingerprint density at radius 3 is 2.93 bits per heavy atom. The van der Waals surface area contributed by atoms with Crippen molar-refractivity contribution in [1.82, 2.24) is 0 Å². The average molecular weight is 275 g/mol. The Kier molecular flexibility index (Phi) is 5.36. The molecule has 0 heterocycles. The molecule has 0 N–H and O–H groups in total. The summed E-state index contributed by atoms with van der Waals surface area (Å²) in [5.74, 6) is 0.803. The molecule has 2 rings (SSSR count). The van der Waals surface area contributed by atoms with Gasteiger partial charge < -0.3 is 6.42 Å². The van der Waals surface area contributed by atoms with Crippen molar-refractivity contribution < 1.29 is 32.7 Å². The van der Waals surface area contributed by atoms with E-state index in [1.807, 2.05) is 0 Å². The molecule has 0 aromatic heterocycles. The van der Waals surface area contributed by atoms with Gasteiger partial charge in [0.2, 0.25) is 0 Å². The summed E-state index contributed by atoms with van der Waals surface area (Å²) in [5, 5.41) is 0. The molecule has 15 heavy (non-hydrogen) atoms. The molecule has 1 aromatic rings. The summed E-state index contributed by atoms with van der Waals surface area (Å²) in [6.45, 7) is 6.24. The second-order valence-corrected chi connectivity index (χ2v) is 4.40. The maximum absolute atomic E-state index is 4.09. The predicted molar refractivity (Wildman–Crippen MR) is 61.0 cm³/mol. The molecule has 0 amide bonds. The third-order valence-electron chi connectivity index (χ3n) is 3.12. The monoisotopic (exact) mass is 275 g/mol. The Balaban J connectivity index is 0.00000112. The van der Waals surface area contributed by atoms with Crippen molar-refractivity contribution in [1.29, 1.82) is 0 Å². The van der Waals surface area contributed by atoms with Crippen molar-refractivity contribution in [3.63, 3.8) is 0 Å². The first-order chi connectivity index (χ1) is 6.75. The fourth-order valence-electron chi connectivity index (χ4n) is 2.26. The molecule has 1 unspecified atom stereocenters. The molecule has 1 atom stereocenters. The molecule has 0 saturated heterocycles. The van der Waals surface area contributed by atoms with Crippen LogP contribution in [0.4, 0.5) is 0 Å². The van der Waals surface area contributed by atoms with E-state index in [0.717, 1.165) is 5.92 Å². The van der Waals surface area contributed by atoms with E-state index in [1.165, 1.54) is 42.4 Å². The van der Waals surface area contributed by atoms with Crippen LogP contribution in [0.1, 0.15) is 36.0 Å². The molecule has 1 aliphatic rings. The van der Waals surface area contributed by atoms with Gasteiger partial charge in [-0.3, -0.25) is 0 Å². The summed E-state index contributed by atoms with van der Waals surface area (Å²) in [4.78, 5) is 0. The van der Waals surface area contributed by atoms with E-state index in [2.05, 4.69) is 38.5 Å². The average Bonchev–Trinajstić information content (AvgIpc) is 2.64. The van der Waals surface area contributed by atoms with Gasteiger partial charge in [-0.25, -0.2) is 0 Å². The second kappa shape index (κ2) is 6.06. The molecule has 1 heteroatoms. The maximum atomic E-state index is 4.09. The standard InChI is InChI=1S/C14H18.Y/c1-11-7-8-12(2)14(9-11)10-13-5-3-4-6-13;/h5,7-9,13H,2-4,6,10H2,1H3;/q-2;. The van der Waals surface area contributed by atoms with Gasteiger partial charge in [0.1, 0.15) is 0 Å². The van der Waals surface area contributed by atoms with E-state index in [0.29, 0.717) is 0 Å². The molecule has 0 aliphatic heterocycles. The Hall–Kier alpha value is 0.194. The summed E-state index contributed by atoms with van der Waals surface area (Å²) >= 11 is 0. The summed E-state index contributed by atoms with van der Waals surface area (Å²) < 4.78 is 0. The van der Waals surface area contributed by atoms with Crippen LogP contribution in [0.2, 0.25) is 0 Å². The van der Waals surface area contributed by atoms with Crippen LogP contribution >= 0.6 is 0 Å². The number of benzene rings is 1. The topological polar surface area (TPSA) is 0 Å². The first-order valence-corrected chi connectivity index (χ1v) is 5.50. The van der Waals surface area contributed by atoms with E-state index in [-0.39, 0.29) is 32.7 Å². The van der Waals surface area contributed by atoms with Gasteiger partial charge in [0.15, 0.2) is 0 Å². The van der Waals surface area contributed by atoms with Gasteiger partial charge in [-0.05, 0) is 6.92 Å². The summed E-state index contributed by atoms with van der Waals surface area (Å²) in [6, 6.07) is 6.57. The predicted octanol–water partition coefficient (Wildman–Crippen LogP) is 3.72. The molecule has 1 aromatic carbocycles. The van der Waals surface area contributed by atoms with Crippen LogP contribution in [0, 0.1) is 26.2 Å². The molecule has 1 fully saturated rings. The van der Waals surface area contributed by atoms with Crippen LogP contribution in [0.5, 0.6) is 0 Å². The van der Waals surface area contributed by atoms with Crippen LogP contribution in [-0.4, -0.2) is 0 Å². The quantitative estimate of drug-likeness (QED) is 0.722. The SMILES string of the molecule is [CH2-]c1ccc(C)cc1CC1[CH-]CCC1.[Y]. The van der Waals surface area contributed by atoms with Gasteiger partial charge in [-0.1, -0.05) is 24.8 Å². The minimum absolute atomic E-state index is 0. The van der Waals surface area contributed by atoms with Crippen molar-refractivity contribution in [2.24, 2.45) is 5.92 Å². The third kappa shape index (κ3) is 3.61. The van der Waals surface area contributed by atoms with Crippen LogP contribution in [0.3, 0.4) is 0 Å². The zero-order valence-corrected chi connectivity index (χ0v) is 12.3. The van der Waals surface area contributed by atoms with Gasteiger partial charge in [0, 0.05) is 32.7 Å². The van der Waals surface area contributed by atoms with Gasteiger partial charge in [0.25, 0.3) is 0 Å². The van der Waals surface area contributed by atoms with Gasteiger partial charge in [-0.15, -0.1) is 12.1 Å². The van der Waals surface area contributed by atoms with Crippen molar-refractivity contribution in [2.45, 2.75) is 32.6 Å². The Morgan fingerprint density at radius 1 is 1.47 bits per heavy atom. The van der Waals surface area contributed by atoms with Crippen molar-refractivity contribution in [2.75, 3.05) is 0 Å². The minimum atomic E-state index is 0. The zero-order chi connectivity index (χ0) is 9.97. The van der Waals surface area contributed by atoms with E-state index in [1.54, 1.807) is 0 Å². The maximum Gasteiger partial charge on any atom is 0 e. The van der Waals surface area contributed by atoms with Gasteiger partial charge >= 0.3 is 0 Å².